The van der Waals surface area contributed by atoms with Crippen LogP contribution in [0.2, 0.25) is 8.23 Å². The van der Waals surface area contributed by atoms with E-state index in [1.54, 1.807) is 0 Å². The lowest BCUT2D eigenvalue weighted by atomic mass is 9.91. The topological polar surface area (TPSA) is 72.2 Å². The number of nitrogens with two attached hydrogens (primary N) is 1. The van der Waals surface area contributed by atoms with Crippen molar-refractivity contribution in [2.24, 2.45) is 17.6 Å². The summed E-state index contributed by atoms with van der Waals surface area (Å²) in [6.45, 7) is 5.63. The summed E-state index contributed by atoms with van der Waals surface area (Å²) in [6.07, 6.45) is 1.05. The Bertz CT molecular complexity index is 296. The van der Waals surface area contributed by atoms with Gasteiger partial charge in [-0.05, 0) is 12.8 Å². The monoisotopic (exact) mass is 195 g/mol. The van der Waals surface area contributed by atoms with Crippen molar-refractivity contribution in [2.45, 2.75) is 19.7 Å². The molecule has 76 valence electrons. The van der Waals surface area contributed by atoms with Crippen LogP contribution in [0.25, 0.3) is 0 Å². The van der Waals surface area contributed by atoms with E-state index in [2.05, 4.69) is 11.8 Å². The van der Waals surface area contributed by atoms with Gasteiger partial charge in [0.1, 0.15) is 0 Å². The molecule has 0 saturated heterocycles. The van der Waals surface area contributed by atoms with E-state index in [1.807, 2.05) is 12.5 Å². The zero-order valence-corrected chi connectivity index (χ0v) is 8.30. The van der Waals surface area contributed by atoms with Gasteiger partial charge in [-0.15, -0.1) is 0 Å². The molecule has 1 aliphatic carbocycles. The molecule has 0 heterocycles. The minimum Gasteiger partial charge on any atom is -0.402 e. The molecule has 0 aromatic heterocycles. The third kappa shape index (κ3) is 2.16. The molecular formula is C9H15BN2O2. The second-order valence-electron chi connectivity index (χ2n) is 3.63. The highest BCUT2D eigenvalue weighted by Gasteiger charge is 2.37. The molecular weight excluding hydrogens is 179 g/mol. The fraction of sp³-hybridized carbons (Fsp3) is 0.556. The Morgan fingerprint density at radius 2 is 2.29 bits per heavy atom. The highest BCUT2D eigenvalue weighted by atomic mass is 16.2. The van der Waals surface area contributed by atoms with Crippen LogP contribution in [0.4, 0.5) is 0 Å². The second-order valence-corrected chi connectivity index (χ2v) is 3.63. The number of carbonyl (C=O) groups excluding carboxylic acids is 2. The molecule has 1 rings (SSSR count). The highest BCUT2D eigenvalue weighted by Crippen LogP contribution is 2.34. The van der Waals surface area contributed by atoms with Gasteiger partial charge in [-0.3, -0.25) is 9.59 Å². The molecule has 3 N–H and O–H groups in total. The van der Waals surface area contributed by atoms with Gasteiger partial charge >= 0.3 is 0 Å². The minimum atomic E-state index is -0.429. The molecule has 0 spiro atoms. The van der Waals surface area contributed by atoms with Gasteiger partial charge in [0.2, 0.25) is 19.2 Å². The number of hydrogen-bond donors (Lipinski definition) is 2. The molecule has 1 fully saturated rings. The molecule has 14 heavy (non-hydrogen) atoms. The first-order valence-electron chi connectivity index (χ1n) is 5.26. The van der Waals surface area contributed by atoms with Gasteiger partial charge in [0.25, 0.3) is 0 Å². The van der Waals surface area contributed by atoms with Crippen LogP contribution >= 0.6 is 0 Å². The van der Waals surface area contributed by atoms with Crippen LogP contribution in [-0.2, 0) is 9.59 Å². The van der Waals surface area contributed by atoms with E-state index < -0.39 is 11.8 Å². The van der Waals surface area contributed by atoms with Crippen LogP contribution in [0.5, 0.6) is 0 Å². The average molecular weight is 195 g/mol. The molecule has 0 aromatic carbocycles. The molecule has 1 aliphatic rings. The van der Waals surface area contributed by atoms with Crippen molar-refractivity contribution in [3.8, 4) is 0 Å². The zero-order chi connectivity index (χ0) is 11.4. The fourth-order valence-electron chi connectivity index (χ4n) is 1.85. The van der Waals surface area contributed by atoms with Crippen LogP contribution in [0.1, 0.15) is 12.8 Å². The predicted octanol–water partition coefficient (Wildman–Crippen LogP) is -0.430. The first kappa shape index (κ1) is 9.31. The summed E-state index contributed by atoms with van der Waals surface area (Å²) < 4.78 is 6.81. The number of primary amides is 1. The molecule has 0 aliphatic heterocycles. The van der Waals surface area contributed by atoms with E-state index >= 15 is 0 Å². The maximum Gasteiger partial charge on any atom is 0.232 e. The van der Waals surface area contributed by atoms with Gasteiger partial charge in [-0.1, -0.05) is 19.0 Å². The van der Waals surface area contributed by atoms with Crippen LogP contribution < -0.4 is 11.0 Å². The van der Waals surface area contributed by atoms with E-state index in [0.29, 0.717) is 20.3 Å². The lowest BCUT2D eigenvalue weighted by Gasteiger charge is -2.14. The van der Waals surface area contributed by atoms with Crippen molar-refractivity contribution >= 4 is 19.2 Å². The van der Waals surface area contributed by atoms with Crippen molar-refractivity contribution in [3.63, 3.8) is 0 Å². The molecule has 0 bridgehead atoms. The van der Waals surface area contributed by atoms with Gasteiger partial charge in [0.05, 0.1) is 11.8 Å². The number of amides is 2. The largest absolute Gasteiger partial charge is 0.402 e. The summed E-state index contributed by atoms with van der Waals surface area (Å²) >= 11 is 0. The maximum absolute atomic E-state index is 11.6. The molecule has 1 saturated carbocycles. The Morgan fingerprint density at radius 3 is 2.86 bits per heavy atom. The summed E-state index contributed by atoms with van der Waals surface area (Å²) in [6, 6.07) is 0. The first-order valence-corrected chi connectivity index (χ1v) is 4.76. The minimum absolute atomic E-state index is 0.121. The normalized spacial score (nSPS) is 26.6. The Hall–Kier alpha value is -1.26. The molecule has 2 amide bonds. The number of allylic oxidation sites excluding steroid dienone is 1. The summed E-state index contributed by atoms with van der Waals surface area (Å²) in [7, 11) is 0.553. The maximum atomic E-state index is 11.6. The smallest absolute Gasteiger partial charge is 0.232 e. The fourth-order valence-corrected chi connectivity index (χ4v) is 1.85. The van der Waals surface area contributed by atoms with E-state index in [-0.39, 0.29) is 11.8 Å². The van der Waals surface area contributed by atoms with Crippen molar-refractivity contribution in [2.75, 3.05) is 0 Å². The van der Waals surface area contributed by atoms with Crippen molar-refractivity contribution < 1.29 is 11.0 Å². The molecule has 2 atom stereocenters. The quantitative estimate of drug-likeness (QED) is 0.473. The van der Waals surface area contributed by atoms with Gasteiger partial charge in [-0.2, -0.15) is 0 Å². The highest BCUT2D eigenvalue weighted by molar-refractivity contribution is 6.35. The van der Waals surface area contributed by atoms with Gasteiger partial charge in [0.15, 0.2) is 1.41 Å². The summed E-state index contributed by atoms with van der Waals surface area (Å²) in [5.41, 5.74) is 2.75. The van der Waals surface area contributed by atoms with E-state index in [0.717, 1.165) is 5.57 Å². The lowest BCUT2D eigenvalue weighted by molar-refractivity contribution is -0.131. The van der Waals surface area contributed by atoms with Crippen molar-refractivity contribution in [3.05, 3.63) is 12.2 Å². The molecule has 5 heteroatoms. The van der Waals surface area contributed by atoms with Crippen LogP contribution in [-0.4, -0.2) is 19.2 Å². The van der Waals surface area contributed by atoms with E-state index in [9.17, 15) is 9.59 Å². The van der Waals surface area contributed by atoms with Crippen LogP contribution in [0.15, 0.2) is 12.2 Å². The first-order chi connectivity index (χ1) is 7.10. The number of carbonyl (C=O) groups is 2. The third-order valence-electron chi connectivity index (χ3n) is 2.53. The Labute approximate surface area is 85.6 Å². The average Bonchev–Trinajstić information content (AvgIpc) is 2.59. The van der Waals surface area contributed by atoms with Crippen LogP contribution in [0.3, 0.4) is 0 Å². The Kier molecular flexibility index (Phi) is 2.86. The molecule has 0 radical (unpaired) electrons. The number of nitrogens with one attached hydrogen (secondary N) is 1. The number of hydrogen-bond acceptors (Lipinski definition) is 2. The Balaban J connectivity index is 2.72. The third-order valence-corrected chi connectivity index (χ3v) is 2.53. The van der Waals surface area contributed by atoms with Gasteiger partial charge in [-0.25, -0.2) is 0 Å². The molecule has 0 unspecified atom stereocenters. The summed E-state index contributed by atoms with van der Waals surface area (Å²) in [5, 5.41) is 2.70. The second kappa shape index (κ2) is 4.31. The SMILES string of the molecule is [2H]NC(=O)[C@H]1CC(=C)C[C@@H]1C(=O)NBC. The molecule has 4 nitrogen and oxygen atoms in total. The number of rotatable bonds is 3. The predicted molar refractivity (Wildman–Crippen MR) is 55.7 cm³/mol. The zero-order valence-electron chi connectivity index (χ0n) is 9.30. The lowest BCUT2D eigenvalue weighted by Crippen LogP contribution is -2.38. The van der Waals surface area contributed by atoms with Crippen molar-refractivity contribution in [1.29, 1.82) is 0 Å². The van der Waals surface area contributed by atoms with E-state index in [4.69, 9.17) is 1.41 Å². The van der Waals surface area contributed by atoms with Gasteiger partial charge < -0.3 is 11.0 Å². The van der Waals surface area contributed by atoms with E-state index in [1.165, 1.54) is 0 Å². The van der Waals surface area contributed by atoms with Crippen molar-refractivity contribution in [1.82, 2.24) is 5.23 Å². The molecule has 0 aromatic rings. The Morgan fingerprint density at radius 1 is 1.64 bits per heavy atom. The summed E-state index contributed by atoms with van der Waals surface area (Å²) in [4.78, 5) is 23.0. The summed E-state index contributed by atoms with van der Waals surface area (Å²) in [5.74, 6) is -1.31. The van der Waals surface area contributed by atoms with Gasteiger partial charge in [0, 0.05) is 0 Å². The van der Waals surface area contributed by atoms with Crippen LogP contribution in [0, 0.1) is 11.8 Å². The standard InChI is InChI=1S/C9H15BN2O2/c1-5-3-6(8(11)13)7(4-5)9(14)12-10-2/h6-7,10H,1,3-4H2,2H3,(H2,11,13)(H,12,14)/t6-,7-/m0/s1/i/hD.